The van der Waals surface area contributed by atoms with E-state index in [1.165, 1.54) is 18.7 Å². The average molecular weight is 408 g/mol. The molecule has 0 saturated heterocycles. The van der Waals surface area contributed by atoms with Crippen molar-refractivity contribution in [2.45, 2.75) is 24.0 Å². The molecule has 2 rings (SSSR count). The highest BCUT2D eigenvalue weighted by atomic mass is 32.2. The van der Waals surface area contributed by atoms with Gasteiger partial charge in [-0.1, -0.05) is 0 Å². The van der Waals surface area contributed by atoms with Crippen LogP contribution in [0.5, 0.6) is 0 Å². The minimum atomic E-state index is -3.33. The van der Waals surface area contributed by atoms with Crippen LogP contribution in [0, 0.1) is 0 Å². The van der Waals surface area contributed by atoms with Gasteiger partial charge in [-0.2, -0.15) is 0 Å². The minimum Gasteiger partial charge on any atom is -0.326 e. The first-order valence-electron chi connectivity index (χ1n) is 8.05. The van der Waals surface area contributed by atoms with Crippen LogP contribution in [-0.4, -0.2) is 31.7 Å². The van der Waals surface area contributed by atoms with Crippen LogP contribution in [0.3, 0.4) is 0 Å². The zero-order chi connectivity index (χ0) is 20.0. The van der Waals surface area contributed by atoms with Gasteiger partial charge in [-0.15, -0.1) is 11.8 Å². The Kier molecular flexibility index (Phi) is 6.86. The van der Waals surface area contributed by atoms with Gasteiger partial charge in [-0.25, -0.2) is 8.42 Å². The third kappa shape index (κ3) is 7.32. The Balaban J connectivity index is 1.92. The van der Waals surface area contributed by atoms with E-state index in [2.05, 4.69) is 15.4 Å². The largest absolute Gasteiger partial charge is 0.326 e. The van der Waals surface area contributed by atoms with E-state index >= 15 is 0 Å². The molecule has 27 heavy (non-hydrogen) atoms. The molecule has 1 atom stereocenters. The molecule has 0 aliphatic heterocycles. The lowest BCUT2D eigenvalue weighted by atomic mass is 10.3. The predicted octanol–water partition coefficient (Wildman–Crippen LogP) is 3.14. The number of hydrogen-bond donors (Lipinski definition) is 3. The van der Waals surface area contributed by atoms with Crippen LogP contribution in [0.4, 0.5) is 17.1 Å². The molecule has 0 heterocycles. The standard InChI is InChI=1S/C18H21N3O4S2/c1-12(26-17-10-8-14(9-11-17)19-13(2)22)18(23)20-15-4-6-16(7-5-15)21-27(3,24)25/h4-12,21H,1-3H3,(H,19,22)(H,20,23). The lowest BCUT2D eigenvalue weighted by Crippen LogP contribution is -2.22. The maximum atomic E-state index is 12.3. The second kappa shape index (κ2) is 8.92. The van der Waals surface area contributed by atoms with E-state index in [0.717, 1.165) is 11.2 Å². The van der Waals surface area contributed by atoms with Crippen molar-refractivity contribution in [3.8, 4) is 0 Å². The van der Waals surface area contributed by atoms with Crippen molar-refractivity contribution in [1.29, 1.82) is 0 Å². The highest BCUT2D eigenvalue weighted by molar-refractivity contribution is 8.00. The molecule has 0 radical (unpaired) electrons. The average Bonchev–Trinajstić information content (AvgIpc) is 2.56. The fourth-order valence-electron chi connectivity index (χ4n) is 2.16. The molecule has 144 valence electrons. The van der Waals surface area contributed by atoms with Crippen molar-refractivity contribution >= 4 is 50.7 Å². The third-order valence-corrected chi connectivity index (χ3v) is 5.03. The van der Waals surface area contributed by atoms with Gasteiger partial charge in [0.2, 0.25) is 21.8 Å². The molecule has 0 saturated carbocycles. The van der Waals surface area contributed by atoms with Gasteiger partial charge in [0.05, 0.1) is 11.5 Å². The summed E-state index contributed by atoms with van der Waals surface area (Å²) in [5, 5.41) is 5.14. The summed E-state index contributed by atoms with van der Waals surface area (Å²) in [4.78, 5) is 24.3. The van der Waals surface area contributed by atoms with Crippen LogP contribution in [0.2, 0.25) is 0 Å². The normalized spacial score (nSPS) is 12.1. The second-order valence-electron chi connectivity index (χ2n) is 5.91. The number of rotatable bonds is 7. The first kappa shape index (κ1) is 20.8. The summed E-state index contributed by atoms with van der Waals surface area (Å²) in [6.07, 6.45) is 1.07. The maximum absolute atomic E-state index is 12.3. The molecule has 0 aliphatic rings. The first-order valence-corrected chi connectivity index (χ1v) is 10.8. The molecule has 0 spiro atoms. The third-order valence-electron chi connectivity index (χ3n) is 3.31. The molecule has 2 aromatic carbocycles. The second-order valence-corrected chi connectivity index (χ2v) is 9.07. The monoisotopic (exact) mass is 407 g/mol. The summed E-state index contributed by atoms with van der Waals surface area (Å²) in [5.74, 6) is -0.310. The van der Waals surface area contributed by atoms with Gasteiger partial charge < -0.3 is 10.6 Å². The van der Waals surface area contributed by atoms with Gasteiger partial charge in [0.25, 0.3) is 0 Å². The maximum Gasteiger partial charge on any atom is 0.237 e. The zero-order valence-electron chi connectivity index (χ0n) is 15.1. The zero-order valence-corrected chi connectivity index (χ0v) is 16.8. The summed E-state index contributed by atoms with van der Waals surface area (Å²) >= 11 is 1.39. The molecule has 2 amide bonds. The topological polar surface area (TPSA) is 104 Å². The van der Waals surface area contributed by atoms with Gasteiger partial charge in [-0.3, -0.25) is 14.3 Å². The van der Waals surface area contributed by atoms with E-state index in [9.17, 15) is 18.0 Å². The molecule has 0 bridgehead atoms. The number of amides is 2. The van der Waals surface area contributed by atoms with Gasteiger partial charge in [0, 0.05) is 28.9 Å². The molecule has 9 heteroatoms. The lowest BCUT2D eigenvalue weighted by molar-refractivity contribution is -0.115. The van der Waals surface area contributed by atoms with Crippen molar-refractivity contribution in [2.24, 2.45) is 0 Å². The Morgan fingerprint density at radius 3 is 1.89 bits per heavy atom. The number of hydrogen-bond acceptors (Lipinski definition) is 5. The fraction of sp³-hybridized carbons (Fsp3) is 0.222. The van der Waals surface area contributed by atoms with Crippen molar-refractivity contribution in [1.82, 2.24) is 0 Å². The summed E-state index contributed by atoms with van der Waals surface area (Å²) in [6, 6.07) is 13.7. The smallest absolute Gasteiger partial charge is 0.237 e. The number of benzene rings is 2. The Bertz CT molecular complexity index is 911. The van der Waals surface area contributed by atoms with Crippen LogP contribution < -0.4 is 15.4 Å². The summed E-state index contributed by atoms with van der Waals surface area (Å²) < 4.78 is 24.8. The molecule has 0 aromatic heterocycles. The highest BCUT2D eigenvalue weighted by Crippen LogP contribution is 2.26. The van der Waals surface area contributed by atoms with Gasteiger partial charge in [-0.05, 0) is 55.5 Å². The van der Waals surface area contributed by atoms with Crippen molar-refractivity contribution in [3.63, 3.8) is 0 Å². The van der Waals surface area contributed by atoms with Crippen LogP contribution in [-0.2, 0) is 19.6 Å². The van der Waals surface area contributed by atoms with Gasteiger partial charge in [0.15, 0.2) is 0 Å². The Labute approximate surface area is 163 Å². The fourth-order valence-corrected chi connectivity index (χ4v) is 3.59. The van der Waals surface area contributed by atoms with Crippen LogP contribution >= 0.6 is 11.8 Å². The number of nitrogens with one attached hydrogen (secondary N) is 3. The Morgan fingerprint density at radius 1 is 0.889 bits per heavy atom. The summed E-state index contributed by atoms with van der Waals surface area (Å²) in [6.45, 7) is 3.24. The molecule has 2 aromatic rings. The number of thioether (sulfide) groups is 1. The van der Waals surface area contributed by atoms with Crippen LogP contribution in [0.25, 0.3) is 0 Å². The summed E-state index contributed by atoms with van der Waals surface area (Å²) in [7, 11) is -3.33. The molecule has 0 fully saturated rings. The minimum absolute atomic E-state index is 0.138. The SMILES string of the molecule is CC(=O)Nc1ccc(SC(C)C(=O)Nc2ccc(NS(C)(=O)=O)cc2)cc1. The number of carbonyl (C=O) groups is 2. The summed E-state index contributed by atoms with van der Waals surface area (Å²) in [5.41, 5.74) is 1.71. The first-order chi connectivity index (χ1) is 12.6. The van der Waals surface area contributed by atoms with Gasteiger partial charge >= 0.3 is 0 Å². The van der Waals surface area contributed by atoms with Crippen LogP contribution in [0.15, 0.2) is 53.4 Å². The lowest BCUT2D eigenvalue weighted by Gasteiger charge is -2.13. The molecule has 3 N–H and O–H groups in total. The van der Waals surface area contributed by atoms with E-state index < -0.39 is 10.0 Å². The van der Waals surface area contributed by atoms with Crippen LogP contribution in [0.1, 0.15) is 13.8 Å². The van der Waals surface area contributed by atoms with E-state index in [4.69, 9.17) is 0 Å². The molecule has 1 unspecified atom stereocenters. The van der Waals surface area contributed by atoms with E-state index in [0.29, 0.717) is 17.1 Å². The number of sulfonamides is 1. The Hall–Kier alpha value is -2.52. The van der Waals surface area contributed by atoms with Gasteiger partial charge in [0.1, 0.15) is 0 Å². The number of anilines is 3. The van der Waals surface area contributed by atoms with E-state index in [1.54, 1.807) is 43.3 Å². The Morgan fingerprint density at radius 2 is 1.37 bits per heavy atom. The highest BCUT2D eigenvalue weighted by Gasteiger charge is 2.15. The molecule has 0 aliphatic carbocycles. The molecular weight excluding hydrogens is 386 g/mol. The number of carbonyl (C=O) groups excluding carboxylic acids is 2. The van der Waals surface area contributed by atoms with E-state index in [1.807, 2.05) is 12.1 Å². The molecular formula is C18H21N3O4S2. The predicted molar refractivity (Wildman–Crippen MR) is 110 cm³/mol. The molecule has 7 nitrogen and oxygen atoms in total. The van der Waals surface area contributed by atoms with Crippen molar-refractivity contribution in [3.05, 3.63) is 48.5 Å². The quantitative estimate of drug-likeness (QED) is 0.612. The van der Waals surface area contributed by atoms with Crippen molar-refractivity contribution < 1.29 is 18.0 Å². The van der Waals surface area contributed by atoms with Crippen molar-refractivity contribution in [2.75, 3.05) is 21.6 Å². The van der Waals surface area contributed by atoms with E-state index in [-0.39, 0.29) is 17.1 Å².